The lowest BCUT2D eigenvalue weighted by Crippen LogP contribution is -2.43. The minimum Gasteiger partial charge on any atom is -0.351 e. The standard InChI is InChI=1S/C26H30N4O3/c1-18-7-5-10-20(15-18)25(32)30-22-12-6-11-21(16-22)24(31)29-17-23(26(33)28-14-13-27)19-8-3-2-4-9-19/h5-7,10-12,15-16,19,23H,2-4,8-9,14,17H2,1H3,(H,28,33)(H,29,31)(H,30,32). The molecule has 0 aromatic heterocycles. The molecule has 1 atom stereocenters. The van der Waals surface area contributed by atoms with E-state index in [9.17, 15) is 14.4 Å². The summed E-state index contributed by atoms with van der Waals surface area (Å²) in [7, 11) is 0. The Morgan fingerprint density at radius 2 is 1.67 bits per heavy atom. The Morgan fingerprint density at radius 3 is 2.36 bits per heavy atom. The van der Waals surface area contributed by atoms with Gasteiger partial charge in [0.1, 0.15) is 6.54 Å². The molecule has 0 aliphatic heterocycles. The van der Waals surface area contributed by atoms with Crippen molar-refractivity contribution in [1.29, 1.82) is 5.26 Å². The minimum atomic E-state index is -0.369. The number of carbonyl (C=O) groups excluding carboxylic acids is 3. The van der Waals surface area contributed by atoms with E-state index in [1.165, 1.54) is 0 Å². The molecular formula is C26H30N4O3. The molecule has 2 aromatic carbocycles. The first-order chi connectivity index (χ1) is 16.0. The Morgan fingerprint density at radius 1 is 0.970 bits per heavy atom. The summed E-state index contributed by atoms with van der Waals surface area (Å²) in [6.45, 7) is 2.09. The minimum absolute atomic E-state index is 0.0430. The van der Waals surface area contributed by atoms with Gasteiger partial charge in [0.15, 0.2) is 0 Å². The van der Waals surface area contributed by atoms with Gasteiger partial charge in [0.05, 0.1) is 12.0 Å². The molecule has 33 heavy (non-hydrogen) atoms. The van der Waals surface area contributed by atoms with Gasteiger partial charge < -0.3 is 16.0 Å². The summed E-state index contributed by atoms with van der Waals surface area (Å²) >= 11 is 0. The highest BCUT2D eigenvalue weighted by Crippen LogP contribution is 2.30. The third-order valence-corrected chi connectivity index (χ3v) is 6.04. The van der Waals surface area contributed by atoms with Gasteiger partial charge in [0.2, 0.25) is 5.91 Å². The summed E-state index contributed by atoms with van der Waals surface area (Å²) < 4.78 is 0. The van der Waals surface area contributed by atoms with E-state index in [4.69, 9.17) is 5.26 Å². The van der Waals surface area contributed by atoms with E-state index in [0.717, 1.165) is 37.7 Å². The maximum atomic E-state index is 12.8. The molecule has 0 radical (unpaired) electrons. The van der Waals surface area contributed by atoms with Gasteiger partial charge in [-0.3, -0.25) is 14.4 Å². The summed E-state index contributed by atoms with van der Waals surface area (Å²) in [5, 5.41) is 17.1. The number of nitrogens with one attached hydrogen (secondary N) is 3. The average Bonchev–Trinajstić information content (AvgIpc) is 2.83. The number of aryl methyl sites for hydroxylation is 1. The Bertz CT molecular complexity index is 1040. The number of amides is 3. The van der Waals surface area contributed by atoms with Gasteiger partial charge in [-0.1, -0.05) is 43.0 Å². The van der Waals surface area contributed by atoms with Crippen LogP contribution in [-0.2, 0) is 4.79 Å². The Kier molecular flexibility index (Phi) is 8.59. The normalized spacial score (nSPS) is 14.5. The summed E-state index contributed by atoms with van der Waals surface area (Å²) in [4.78, 5) is 38.0. The monoisotopic (exact) mass is 446 g/mol. The van der Waals surface area contributed by atoms with Crippen molar-refractivity contribution < 1.29 is 14.4 Å². The van der Waals surface area contributed by atoms with Gasteiger partial charge >= 0.3 is 0 Å². The van der Waals surface area contributed by atoms with Crippen molar-refractivity contribution in [3.8, 4) is 6.07 Å². The molecule has 7 heteroatoms. The van der Waals surface area contributed by atoms with Crippen molar-refractivity contribution in [2.24, 2.45) is 11.8 Å². The second kappa shape index (κ2) is 11.8. The summed E-state index contributed by atoms with van der Waals surface area (Å²) in [5.74, 6) is -0.925. The van der Waals surface area contributed by atoms with Crippen LogP contribution in [0.5, 0.6) is 0 Å². The van der Waals surface area contributed by atoms with Crippen LogP contribution in [-0.4, -0.2) is 30.8 Å². The number of hydrogen-bond acceptors (Lipinski definition) is 4. The zero-order valence-electron chi connectivity index (χ0n) is 18.9. The van der Waals surface area contributed by atoms with Crippen LogP contribution in [0.1, 0.15) is 58.4 Å². The summed E-state index contributed by atoms with van der Waals surface area (Å²) in [6.07, 6.45) is 5.20. The fourth-order valence-corrected chi connectivity index (χ4v) is 4.30. The smallest absolute Gasteiger partial charge is 0.255 e. The van der Waals surface area contributed by atoms with Gasteiger partial charge in [-0.05, 0) is 56.0 Å². The quantitative estimate of drug-likeness (QED) is 0.535. The maximum Gasteiger partial charge on any atom is 0.255 e. The topological polar surface area (TPSA) is 111 Å². The second-order valence-electron chi connectivity index (χ2n) is 8.49. The molecule has 2 aromatic rings. The van der Waals surface area contributed by atoms with Crippen molar-refractivity contribution in [2.45, 2.75) is 39.0 Å². The van der Waals surface area contributed by atoms with Crippen LogP contribution in [0.25, 0.3) is 0 Å². The van der Waals surface area contributed by atoms with Crippen LogP contribution in [0, 0.1) is 30.1 Å². The van der Waals surface area contributed by atoms with Crippen molar-refractivity contribution >= 4 is 23.4 Å². The first kappa shape index (κ1) is 24.0. The van der Waals surface area contributed by atoms with Crippen molar-refractivity contribution in [3.05, 3.63) is 65.2 Å². The molecule has 0 spiro atoms. The van der Waals surface area contributed by atoms with Gasteiger partial charge in [0.25, 0.3) is 11.8 Å². The molecule has 1 fully saturated rings. The number of nitrogens with zero attached hydrogens (tertiary/aromatic N) is 1. The maximum absolute atomic E-state index is 12.8. The lowest BCUT2D eigenvalue weighted by Gasteiger charge is -2.29. The average molecular weight is 447 g/mol. The molecule has 3 N–H and O–H groups in total. The fourth-order valence-electron chi connectivity index (χ4n) is 4.30. The third kappa shape index (κ3) is 6.91. The van der Waals surface area contributed by atoms with Crippen LogP contribution >= 0.6 is 0 Å². The van der Waals surface area contributed by atoms with Crippen LogP contribution < -0.4 is 16.0 Å². The van der Waals surface area contributed by atoms with Crippen LogP contribution in [0.4, 0.5) is 5.69 Å². The Labute approximate surface area is 194 Å². The van der Waals surface area contributed by atoms with Crippen LogP contribution in [0.15, 0.2) is 48.5 Å². The fraction of sp³-hybridized carbons (Fsp3) is 0.385. The molecule has 7 nitrogen and oxygen atoms in total. The summed E-state index contributed by atoms with van der Waals surface area (Å²) in [5.41, 5.74) is 2.45. The Hall–Kier alpha value is -3.66. The van der Waals surface area contributed by atoms with Gasteiger partial charge in [-0.2, -0.15) is 5.26 Å². The number of rotatable bonds is 8. The SMILES string of the molecule is Cc1cccc(C(=O)Nc2cccc(C(=O)NCC(C(=O)NCC#N)C3CCCCC3)c2)c1. The molecular weight excluding hydrogens is 416 g/mol. The largest absolute Gasteiger partial charge is 0.351 e. The highest BCUT2D eigenvalue weighted by atomic mass is 16.2. The van der Waals surface area contributed by atoms with Gasteiger partial charge in [-0.25, -0.2) is 0 Å². The number of benzene rings is 2. The van der Waals surface area contributed by atoms with Crippen LogP contribution in [0.2, 0.25) is 0 Å². The molecule has 1 aliphatic carbocycles. The van der Waals surface area contributed by atoms with Crippen LogP contribution in [0.3, 0.4) is 0 Å². The van der Waals surface area contributed by atoms with Crippen molar-refractivity contribution in [2.75, 3.05) is 18.4 Å². The number of anilines is 1. The van der Waals surface area contributed by atoms with E-state index in [2.05, 4.69) is 16.0 Å². The zero-order valence-corrected chi connectivity index (χ0v) is 18.9. The molecule has 0 heterocycles. The van der Waals surface area contributed by atoms with E-state index in [-0.39, 0.29) is 42.6 Å². The molecule has 3 amide bonds. The van der Waals surface area contributed by atoms with Crippen molar-refractivity contribution in [3.63, 3.8) is 0 Å². The van der Waals surface area contributed by atoms with E-state index >= 15 is 0 Å². The first-order valence-corrected chi connectivity index (χ1v) is 11.4. The zero-order chi connectivity index (χ0) is 23.6. The number of hydrogen-bond donors (Lipinski definition) is 3. The van der Waals surface area contributed by atoms with E-state index in [0.29, 0.717) is 16.8 Å². The molecule has 172 valence electrons. The second-order valence-corrected chi connectivity index (χ2v) is 8.49. The lowest BCUT2D eigenvalue weighted by atomic mass is 9.79. The highest BCUT2D eigenvalue weighted by molar-refractivity contribution is 6.05. The van der Waals surface area contributed by atoms with E-state index in [1.807, 2.05) is 25.1 Å². The van der Waals surface area contributed by atoms with Crippen molar-refractivity contribution in [1.82, 2.24) is 10.6 Å². The van der Waals surface area contributed by atoms with Gasteiger partial charge in [0, 0.05) is 23.4 Å². The lowest BCUT2D eigenvalue weighted by molar-refractivity contribution is -0.126. The molecule has 1 saturated carbocycles. The third-order valence-electron chi connectivity index (χ3n) is 6.04. The van der Waals surface area contributed by atoms with Gasteiger partial charge in [-0.15, -0.1) is 0 Å². The summed E-state index contributed by atoms with van der Waals surface area (Å²) in [6, 6.07) is 15.9. The molecule has 1 aliphatic rings. The highest BCUT2D eigenvalue weighted by Gasteiger charge is 2.29. The Balaban J connectivity index is 1.64. The number of nitriles is 1. The molecule has 1 unspecified atom stereocenters. The molecule has 0 bridgehead atoms. The first-order valence-electron chi connectivity index (χ1n) is 11.4. The van der Waals surface area contributed by atoms with E-state index in [1.54, 1.807) is 36.4 Å². The predicted octanol–water partition coefficient (Wildman–Crippen LogP) is 3.81. The molecule has 0 saturated heterocycles. The number of carbonyl (C=O) groups is 3. The van der Waals surface area contributed by atoms with E-state index < -0.39 is 0 Å². The molecule has 3 rings (SSSR count). The predicted molar refractivity (Wildman–Crippen MR) is 127 cm³/mol.